The number of esters is 3. The Labute approximate surface area is 386 Å². The number of carbonyl (C=O) groups is 3. The van der Waals surface area contributed by atoms with Crippen LogP contribution in [0.2, 0.25) is 0 Å². The molecule has 2 bridgehead atoms. The molecule has 21 nitrogen and oxygen atoms in total. The summed E-state index contributed by atoms with van der Waals surface area (Å²) in [7, 11) is 0. The minimum Gasteiger partial charge on any atom is -0.457 e. The molecule has 5 fully saturated rings. The van der Waals surface area contributed by atoms with Crippen LogP contribution in [0.15, 0.2) is 0 Å². The lowest BCUT2D eigenvalue weighted by Crippen LogP contribution is -2.68. The number of aliphatic hydroxyl groups is 7. The van der Waals surface area contributed by atoms with Gasteiger partial charge < -0.3 is 87.9 Å². The molecule has 0 spiro atoms. The lowest BCUT2D eigenvalue weighted by atomic mass is 9.95. The standard InChI is InChI=1S/C45H76O21/c1-9-17-27-18-15-13-11-10-12-14-16-19-28(48)62-39-36(63-41(55)20(2)21(3)46)30(50)23(5)57-44(39)64-37-31(51)24(6)58-45(65-38-32(52)29(49)22(4)56-43(38)61-27)40(37)66-42-34(54)33(53)35(25(7)59-42)60-26(8)47/h20-25,27,29-40,42-46,49-54H,9-19H2,1-8H3/t20-,21-,22-,23-,24-,25+,27+,29-,30-,31-,32+,33+,34-,35+,36+,37+,38-,39-,40-,42+,43+,44+,45+/m1/s1. The number of fused-ring (bicyclic) bond motifs is 4. The Hall–Kier alpha value is -2.19. The molecular weight excluding hydrogens is 876 g/mol. The number of hydrogen-bond acceptors (Lipinski definition) is 21. The normalized spacial score (nSPS) is 44.7. The Bertz CT molecular complexity index is 1520. The molecular formula is C45H76O21. The molecule has 0 aromatic heterocycles. The van der Waals surface area contributed by atoms with Crippen LogP contribution in [-0.2, 0) is 66.5 Å². The molecule has 0 aromatic carbocycles. The zero-order valence-corrected chi connectivity index (χ0v) is 39.4. The van der Waals surface area contributed by atoms with Gasteiger partial charge in [-0.1, -0.05) is 51.9 Å². The first-order valence-electron chi connectivity index (χ1n) is 23.8. The second-order valence-electron chi connectivity index (χ2n) is 18.6. The first-order chi connectivity index (χ1) is 31.2. The van der Waals surface area contributed by atoms with E-state index >= 15 is 0 Å². The fourth-order valence-electron chi connectivity index (χ4n) is 8.91. The van der Waals surface area contributed by atoms with Crippen LogP contribution in [0.5, 0.6) is 0 Å². The van der Waals surface area contributed by atoms with Crippen molar-refractivity contribution in [2.75, 3.05) is 0 Å². The first-order valence-corrected chi connectivity index (χ1v) is 23.8. The average Bonchev–Trinajstić information content (AvgIpc) is 3.26. The molecule has 0 radical (unpaired) electrons. The van der Waals surface area contributed by atoms with Crippen molar-refractivity contribution in [2.24, 2.45) is 5.92 Å². The van der Waals surface area contributed by atoms with Crippen molar-refractivity contribution in [3.8, 4) is 0 Å². The maximum atomic E-state index is 13.6. The quantitative estimate of drug-likeness (QED) is 0.131. The third-order valence-electron chi connectivity index (χ3n) is 13.2. The van der Waals surface area contributed by atoms with Gasteiger partial charge >= 0.3 is 17.9 Å². The van der Waals surface area contributed by atoms with E-state index in [2.05, 4.69) is 0 Å². The predicted octanol–water partition coefficient (Wildman–Crippen LogP) is 0.769. The fraction of sp³-hybridized carbons (Fsp3) is 0.933. The number of hydrogen-bond donors (Lipinski definition) is 7. The van der Waals surface area contributed by atoms with Crippen molar-refractivity contribution in [2.45, 2.75) is 261 Å². The van der Waals surface area contributed by atoms with Crippen LogP contribution in [-0.4, -0.2) is 189 Å². The molecule has 66 heavy (non-hydrogen) atoms. The molecule has 0 saturated carbocycles. The molecule has 5 rings (SSSR count). The van der Waals surface area contributed by atoms with E-state index in [-0.39, 0.29) is 12.5 Å². The minimum atomic E-state index is -1.90. The third-order valence-corrected chi connectivity index (χ3v) is 13.2. The summed E-state index contributed by atoms with van der Waals surface area (Å²) in [4.78, 5) is 38.9. The van der Waals surface area contributed by atoms with Gasteiger partial charge in [-0.25, -0.2) is 0 Å². The highest BCUT2D eigenvalue weighted by molar-refractivity contribution is 5.73. The number of carbonyl (C=O) groups excluding carboxylic acids is 3. The molecule has 0 aliphatic carbocycles. The van der Waals surface area contributed by atoms with Crippen molar-refractivity contribution in [1.29, 1.82) is 0 Å². The van der Waals surface area contributed by atoms with Gasteiger partial charge in [-0.2, -0.15) is 0 Å². The van der Waals surface area contributed by atoms with E-state index in [0.29, 0.717) is 25.7 Å². The summed E-state index contributed by atoms with van der Waals surface area (Å²) in [6, 6.07) is 0. The number of rotatable bonds is 8. The Kier molecular flexibility index (Phi) is 20.8. The highest BCUT2D eigenvalue weighted by Crippen LogP contribution is 2.38. The van der Waals surface area contributed by atoms with Crippen LogP contribution in [0.4, 0.5) is 0 Å². The summed E-state index contributed by atoms with van der Waals surface area (Å²) in [6.45, 7) is 11.9. The largest absolute Gasteiger partial charge is 0.457 e. The molecule has 5 heterocycles. The zero-order valence-electron chi connectivity index (χ0n) is 39.4. The van der Waals surface area contributed by atoms with Crippen LogP contribution in [0.25, 0.3) is 0 Å². The maximum Gasteiger partial charge on any atom is 0.311 e. The highest BCUT2D eigenvalue weighted by atomic mass is 16.8. The molecule has 5 aliphatic rings. The summed E-state index contributed by atoms with van der Waals surface area (Å²) >= 11 is 0. The summed E-state index contributed by atoms with van der Waals surface area (Å²) in [6.07, 6.45) is -24.1. The predicted molar refractivity (Wildman–Crippen MR) is 225 cm³/mol. The van der Waals surface area contributed by atoms with Gasteiger partial charge in [-0.15, -0.1) is 0 Å². The van der Waals surface area contributed by atoms with Crippen molar-refractivity contribution >= 4 is 17.9 Å². The third kappa shape index (κ3) is 13.8. The van der Waals surface area contributed by atoms with Gasteiger partial charge in [-0.3, -0.25) is 14.4 Å². The van der Waals surface area contributed by atoms with E-state index in [1.54, 1.807) is 6.92 Å². The number of aliphatic hydroxyl groups excluding tert-OH is 7. The van der Waals surface area contributed by atoms with Crippen LogP contribution in [0.3, 0.4) is 0 Å². The molecule has 5 aliphatic heterocycles. The summed E-state index contributed by atoms with van der Waals surface area (Å²) in [5.74, 6) is -3.46. The van der Waals surface area contributed by atoms with Gasteiger partial charge in [0.2, 0.25) is 0 Å². The molecule has 382 valence electrons. The Morgan fingerprint density at radius 2 is 1.18 bits per heavy atom. The second kappa shape index (κ2) is 25.1. The first kappa shape index (κ1) is 54.7. The van der Waals surface area contributed by atoms with Gasteiger partial charge in [0.25, 0.3) is 0 Å². The van der Waals surface area contributed by atoms with Crippen molar-refractivity contribution in [3.05, 3.63) is 0 Å². The molecule has 0 amide bonds. The van der Waals surface area contributed by atoms with Crippen molar-refractivity contribution in [3.63, 3.8) is 0 Å². The Morgan fingerprint density at radius 3 is 1.82 bits per heavy atom. The maximum absolute atomic E-state index is 13.6. The van der Waals surface area contributed by atoms with E-state index in [0.717, 1.165) is 45.4 Å². The molecule has 23 atom stereocenters. The van der Waals surface area contributed by atoms with Crippen molar-refractivity contribution < 1.29 is 102 Å². The smallest absolute Gasteiger partial charge is 0.311 e. The van der Waals surface area contributed by atoms with E-state index in [1.165, 1.54) is 34.6 Å². The van der Waals surface area contributed by atoms with Crippen LogP contribution in [0, 0.1) is 5.92 Å². The molecule has 0 unspecified atom stereocenters. The van der Waals surface area contributed by atoms with Gasteiger partial charge in [0.05, 0.1) is 42.5 Å². The fourth-order valence-corrected chi connectivity index (χ4v) is 8.91. The van der Waals surface area contributed by atoms with E-state index in [4.69, 9.17) is 52.1 Å². The Morgan fingerprint density at radius 1 is 0.606 bits per heavy atom. The minimum absolute atomic E-state index is 0.0442. The van der Waals surface area contributed by atoms with Crippen LogP contribution in [0.1, 0.15) is 126 Å². The summed E-state index contributed by atoms with van der Waals surface area (Å²) in [5.41, 5.74) is 0. The van der Waals surface area contributed by atoms with Crippen molar-refractivity contribution in [1.82, 2.24) is 0 Å². The summed E-state index contributed by atoms with van der Waals surface area (Å²) in [5, 5.41) is 79.0. The second-order valence-corrected chi connectivity index (χ2v) is 18.6. The van der Waals surface area contributed by atoms with Crippen LogP contribution < -0.4 is 0 Å². The number of ether oxygens (including phenoxy) is 11. The molecule has 5 saturated heterocycles. The van der Waals surface area contributed by atoms with Gasteiger partial charge in [0.15, 0.2) is 43.5 Å². The zero-order chi connectivity index (χ0) is 48.6. The Balaban J connectivity index is 1.59. The van der Waals surface area contributed by atoms with Crippen LogP contribution >= 0.6 is 0 Å². The van der Waals surface area contributed by atoms with E-state index < -0.39 is 153 Å². The topological polar surface area (TPSA) is 294 Å². The average molecular weight is 953 g/mol. The molecule has 21 heteroatoms. The van der Waals surface area contributed by atoms with Gasteiger partial charge in [0, 0.05) is 13.3 Å². The highest BCUT2D eigenvalue weighted by Gasteiger charge is 2.57. The molecule has 7 N–H and O–H groups in total. The lowest BCUT2D eigenvalue weighted by Gasteiger charge is -2.50. The SMILES string of the molecule is CCC[C@H]1CCCCCCCCCC(=O)O[C@H]2[C@H](O[C@H]3[C@H](O)[C@@H](C)O[C@@H](O[C@H]4[C@H](O1)O[C@H](C)[C@@H](O)[C@@H]4O)[C@@H]3O[C@@H]1O[C@@H](C)[C@H](OC(C)=O)[C@@H](O)[C@H]1O)O[C@H](C)[C@@H](O)[C@@H]2OC(=O)[C@H](C)[C@@H](C)O. The lowest BCUT2D eigenvalue weighted by molar-refractivity contribution is -0.406. The van der Waals surface area contributed by atoms with Gasteiger partial charge in [-0.05, 0) is 60.8 Å². The van der Waals surface area contributed by atoms with Gasteiger partial charge in [0.1, 0.15) is 54.9 Å². The van der Waals surface area contributed by atoms with E-state index in [9.17, 15) is 50.1 Å². The summed E-state index contributed by atoms with van der Waals surface area (Å²) < 4.78 is 67.4. The molecule has 0 aromatic rings. The monoisotopic (exact) mass is 952 g/mol. The van der Waals surface area contributed by atoms with E-state index in [1.807, 2.05) is 6.92 Å².